The molecule has 0 radical (unpaired) electrons. The van der Waals surface area contributed by atoms with Gasteiger partial charge in [0, 0.05) is 55.7 Å². The topological polar surface area (TPSA) is 28.5 Å². The Hall–Kier alpha value is -2.37. The minimum absolute atomic E-state index is 0.0233. The van der Waals surface area contributed by atoms with Gasteiger partial charge < -0.3 is 9.47 Å². The van der Waals surface area contributed by atoms with Crippen LogP contribution in [-0.4, -0.2) is 46.5 Å². The lowest BCUT2D eigenvalue weighted by Crippen LogP contribution is -2.48. The number of benzene rings is 2. The molecule has 1 aliphatic heterocycles. The second-order valence-electron chi connectivity index (χ2n) is 6.96. The standard InChI is InChI=1S/C21H21ClFN3O/c1-24-19-7-3-6-18(22)17(19)13-20(24)21(27)26-10-8-25(9-11-26)14-15-4-2-5-16(23)12-15/h2-7,12-13H,8-11,14H2,1H3. The summed E-state index contributed by atoms with van der Waals surface area (Å²) in [6.45, 7) is 3.55. The summed E-state index contributed by atoms with van der Waals surface area (Å²) in [6.07, 6.45) is 0. The van der Waals surface area contributed by atoms with Crippen molar-refractivity contribution in [1.82, 2.24) is 14.4 Å². The number of carbonyl (C=O) groups is 1. The van der Waals surface area contributed by atoms with Gasteiger partial charge in [0.25, 0.3) is 5.91 Å². The summed E-state index contributed by atoms with van der Waals surface area (Å²) in [5.74, 6) is -0.189. The van der Waals surface area contributed by atoms with Gasteiger partial charge in [-0.15, -0.1) is 0 Å². The van der Waals surface area contributed by atoms with Crippen LogP contribution in [0.25, 0.3) is 10.9 Å². The molecule has 1 fully saturated rings. The summed E-state index contributed by atoms with van der Waals surface area (Å²) in [5, 5.41) is 1.55. The number of carbonyl (C=O) groups excluding carboxylic acids is 1. The fraction of sp³-hybridized carbons (Fsp3) is 0.286. The summed E-state index contributed by atoms with van der Waals surface area (Å²) < 4.78 is 15.3. The summed E-state index contributed by atoms with van der Waals surface area (Å²) in [7, 11) is 1.89. The van der Waals surface area contributed by atoms with Gasteiger partial charge >= 0.3 is 0 Å². The summed E-state index contributed by atoms with van der Waals surface area (Å²) in [6, 6.07) is 14.3. The highest BCUT2D eigenvalue weighted by Gasteiger charge is 2.25. The monoisotopic (exact) mass is 385 g/mol. The van der Waals surface area contributed by atoms with Crippen LogP contribution in [0, 0.1) is 5.82 Å². The second kappa shape index (κ2) is 7.33. The van der Waals surface area contributed by atoms with E-state index >= 15 is 0 Å². The zero-order valence-electron chi connectivity index (χ0n) is 15.2. The molecule has 27 heavy (non-hydrogen) atoms. The summed E-state index contributed by atoms with van der Waals surface area (Å²) in [5.41, 5.74) is 2.56. The number of halogens is 2. The Morgan fingerprint density at radius 2 is 1.81 bits per heavy atom. The van der Waals surface area contributed by atoms with Crippen molar-refractivity contribution in [2.75, 3.05) is 26.2 Å². The van der Waals surface area contributed by atoms with E-state index in [2.05, 4.69) is 4.90 Å². The van der Waals surface area contributed by atoms with E-state index in [1.807, 2.05) is 46.8 Å². The molecule has 0 bridgehead atoms. The van der Waals surface area contributed by atoms with Crippen LogP contribution >= 0.6 is 11.6 Å². The molecular formula is C21H21ClFN3O. The molecule has 1 saturated heterocycles. The fourth-order valence-electron chi connectivity index (χ4n) is 3.69. The van der Waals surface area contributed by atoms with Gasteiger partial charge in [-0.1, -0.05) is 29.8 Å². The Bertz CT molecular complexity index is 992. The van der Waals surface area contributed by atoms with Crippen LogP contribution in [0.3, 0.4) is 0 Å². The van der Waals surface area contributed by atoms with Crippen LogP contribution < -0.4 is 0 Å². The van der Waals surface area contributed by atoms with Gasteiger partial charge in [0.15, 0.2) is 0 Å². The zero-order valence-corrected chi connectivity index (χ0v) is 15.9. The van der Waals surface area contributed by atoms with Gasteiger partial charge in [0.05, 0.1) is 0 Å². The van der Waals surface area contributed by atoms with Crippen LogP contribution in [0.5, 0.6) is 0 Å². The van der Waals surface area contributed by atoms with Crippen molar-refractivity contribution >= 4 is 28.4 Å². The van der Waals surface area contributed by atoms with Crippen LogP contribution in [0.15, 0.2) is 48.5 Å². The van der Waals surface area contributed by atoms with E-state index in [1.165, 1.54) is 6.07 Å². The van der Waals surface area contributed by atoms with E-state index in [-0.39, 0.29) is 11.7 Å². The first kappa shape index (κ1) is 18.0. The van der Waals surface area contributed by atoms with Crippen molar-refractivity contribution in [2.45, 2.75) is 6.54 Å². The molecule has 3 aromatic rings. The second-order valence-corrected chi connectivity index (χ2v) is 7.37. The molecule has 4 rings (SSSR count). The molecule has 140 valence electrons. The Morgan fingerprint density at radius 3 is 2.52 bits per heavy atom. The maximum absolute atomic E-state index is 13.3. The largest absolute Gasteiger partial charge is 0.340 e. The van der Waals surface area contributed by atoms with Crippen LogP contribution in [-0.2, 0) is 13.6 Å². The smallest absolute Gasteiger partial charge is 0.270 e. The predicted octanol–water partition coefficient (Wildman–Crippen LogP) is 3.93. The van der Waals surface area contributed by atoms with E-state index < -0.39 is 0 Å². The SMILES string of the molecule is Cn1c(C(=O)N2CCN(Cc3cccc(F)c3)CC2)cc2c(Cl)cccc21. The number of aromatic nitrogens is 1. The summed E-state index contributed by atoms with van der Waals surface area (Å²) in [4.78, 5) is 17.1. The molecule has 0 atom stereocenters. The van der Waals surface area contributed by atoms with Gasteiger partial charge in [0.1, 0.15) is 11.5 Å². The van der Waals surface area contributed by atoms with Crippen LogP contribution in [0.2, 0.25) is 5.02 Å². The number of rotatable bonds is 3. The Kier molecular flexibility index (Phi) is 4.89. The van der Waals surface area contributed by atoms with Gasteiger partial charge in [-0.2, -0.15) is 0 Å². The highest BCUT2D eigenvalue weighted by Crippen LogP contribution is 2.27. The molecule has 1 aromatic heterocycles. The normalized spacial score (nSPS) is 15.4. The number of nitrogens with zero attached hydrogens (tertiary/aromatic N) is 3. The van der Waals surface area contributed by atoms with Crippen LogP contribution in [0.1, 0.15) is 16.1 Å². The predicted molar refractivity (Wildman–Crippen MR) is 106 cm³/mol. The third kappa shape index (κ3) is 3.57. The molecule has 0 saturated carbocycles. The number of fused-ring (bicyclic) bond motifs is 1. The average molecular weight is 386 g/mol. The maximum Gasteiger partial charge on any atom is 0.270 e. The lowest BCUT2D eigenvalue weighted by Gasteiger charge is -2.34. The Balaban J connectivity index is 1.44. The van der Waals surface area contributed by atoms with Crippen molar-refractivity contribution < 1.29 is 9.18 Å². The molecule has 0 aliphatic carbocycles. The first-order valence-electron chi connectivity index (χ1n) is 9.03. The van der Waals surface area contributed by atoms with Crippen molar-refractivity contribution in [3.63, 3.8) is 0 Å². The molecule has 0 N–H and O–H groups in total. The highest BCUT2D eigenvalue weighted by molar-refractivity contribution is 6.35. The Labute approximate surface area is 162 Å². The quantitative estimate of drug-likeness (QED) is 0.683. The number of aryl methyl sites for hydroxylation is 1. The molecule has 2 heterocycles. The first-order valence-corrected chi connectivity index (χ1v) is 9.41. The Morgan fingerprint density at radius 1 is 1.07 bits per heavy atom. The lowest BCUT2D eigenvalue weighted by atomic mass is 10.2. The number of hydrogen-bond donors (Lipinski definition) is 0. The third-order valence-corrected chi connectivity index (χ3v) is 5.54. The molecule has 1 aliphatic rings. The molecule has 0 spiro atoms. The molecule has 6 heteroatoms. The van der Waals surface area contributed by atoms with E-state index in [9.17, 15) is 9.18 Å². The molecular weight excluding hydrogens is 365 g/mol. The van der Waals surface area contributed by atoms with E-state index in [0.717, 1.165) is 29.6 Å². The van der Waals surface area contributed by atoms with Crippen molar-refractivity contribution in [2.24, 2.45) is 7.05 Å². The minimum atomic E-state index is -0.212. The van der Waals surface area contributed by atoms with E-state index in [0.29, 0.717) is 30.4 Å². The minimum Gasteiger partial charge on any atom is -0.340 e. The van der Waals surface area contributed by atoms with Gasteiger partial charge in [0.2, 0.25) is 0 Å². The first-order chi connectivity index (χ1) is 13.0. The highest BCUT2D eigenvalue weighted by atomic mass is 35.5. The molecule has 1 amide bonds. The number of hydrogen-bond acceptors (Lipinski definition) is 2. The van der Waals surface area contributed by atoms with Gasteiger partial charge in [-0.3, -0.25) is 9.69 Å². The lowest BCUT2D eigenvalue weighted by molar-refractivity contribution is 0.0619. The van der Waals surface area contributed by atoms with Gasteiger partial charge in [-0.25, -0.2) is 4.39 Å². The van der Waals surface area contributed by atoms with Crippen LogP contribution in [0.4, 0.5) is 4.39 Å². The molecule has 0 unspecified atom stereocenters. The molecule has 2 aromatic carbocycles. The van der Waals surface area contributed by atoms with E-state index in [4.69, 9.17) is 11.6 Å². The number of piperazine rings is 1. The summed E-state index contributed by atoms with van der Waals surface area (Å²) >= 11 is 6.27. The fourth-order valence-corrected chi connectivity index (χ4v) is 3.92. The van der Waals surface area contributed by atoms with E-state index in [1.54, 1.807) is 12.1 Å². The van der Waals surface area contributed by atoms with Crippen molar-refractivity contribution in [1.29, 1.82) is 0 Å². The number of amides is 1. The van der Waals surface area contributed by atoms with Gasteiger partial charge in [-0.05, 0) is 35.9 Å². The average Bonchev–Trinajstić information content (AvgIpc) is 3.00. The van der Waals surface area contributed by atoms with Crippen molar-refractivity contribution in [3.05, 3.63) is 70.6 Å². The van der Waals surface area contributed by atoms with Crippen molar-refractivity contribution in [3.8, 4) is 0 Å². The molecule has 4 nitrogen and oxygen atoms in total. The maximum atomic E-state index is 13.3. The zero-order chi connectivity index (χ0) is 19.0. The third-order valence-electron chi connectivity index (χ3n) is 5.21.